The highest BCUT2D eigenvalue weighted by Gasteiger charge is 2.22. The molecule has 1 aromatic heterocycles. The van der Waals surface area contributed by atoms with Crippen LogP contribution in [0, 0.1) is 0 Å². The van der Waals surface area contributed by atoms with E-state index in [1.165, 1.54) is 23.9 Å². The average Bonchev–Trinajstić information content (AvgIpc) is 2.98. The molecule has 0 spiro atoms. The topological polar surface area (TPSA) is 85.8 Å². The van der Waals surface area contributed by atoms with E-state index in [4.69, 9.17) is 18.0 Å². The molecular formula is C11H17N5OS. The van der Waals surface area contributed by atoms with E-state index in [0.717, 1.165) is 12.8 Å². The Hall–Kier alpha value is -1.50. The normalized spacial score (nSPS) is 17.6. The second-order valence-corrected chi connectivity index (χ2v) is 5.02. The molecule has 1 amide bonds. The number of amides is 1. The fourth-order valence-corrected chi connectivity index (χ4v) is 2.18. The van der Waals surface area contributed by atoms with Gasteiger partial charge in [0.05, 0.1) is 0 Å². The van der Waals surface area contributed by atoms with Crippen LogP contribution in [-0.4, -0.2) is 31.7 Å². The number of carbonyl (C=O) groups excluding carboxylic acids is 1. The highest BCUT2D eigenvalue weighted by molar-refractivity contribution is 7.80. The van der Waals surface area contributed by atoms with Gasteiger partial charge in [-0.2, -0.15) is 0 Å². The third kappa shape index (κ3) is 2.84. The number of nitrogens with two attached hydrogens (primary N) is 1. The van der Waals surface area contributed by atoms with E-state index < -0.39 is 6.04 Å². The van der Waals surface area contributed by atoms with E-state index in [-0.39, 0.29) is 10.9 Å². The van der Waals surface area contributed by atoms with Gasteiger partial charge in [0.2, 0.25) is 11.7 Å². The van der Waals surface area contributed by atoms with Crippen molar-refractivity contribution in [1.29, 1.82) is 0 Å². The summed E-state index contributed by atoms with van der Waals surface area (Å²) in [5, 5.41) is 7.11. The van der Waals surface area contributed by atoms with Crippen LogP contribution in [0.25, 0.3) is 0 Å². The van der Waals surface area contributed by atoms with Crippen LogP contribution in [0.3, 0.4) is 0 Å². The fourth-order valence-electron chi connectivity index (χ4n) is 2.09. The zero-order chi connectivity index (χ0) is 13.1. The number of hydrogen-bond donors (Lipinski definition) is 2. The van der Waals surface area contributed by atoms with Gasteiger partial charge in [-0.05, 0) is 19.8 Å². The van der Waals surface area contributed by atoms with Gasteiger partial charge in [-0.15, -0.1) is 5.10 Å². The van der Waals surface area contributed by atoms with Crippen LogP contribution in [0.5, 0.6) is 0 Å². The molecule has 0 aliphatic heterocycles. The highest BCUT2D eigenvalue weighted by Crippen LogP contribution is 2.18. The molecule has 3 N–H and O–H groups in total. The second-order valence-electron chi connectivity index (χ2n) is 4.58. The van der Waals surface area contributed by atoms with E-state index in [1.807, 2.05) is 0 Å². The SMILES string of the molecule is CC(C(=O)NC1CCCC1)n1cnc(C(N)=S)n1. The van der Waals surface area contributed by atoms with Crippen LogP contribution in [0.4, 0.5) is 0 Å². The van der Waals surface area contributed by atoms with Crippen LogP contribution in [0.1, 0.15) is 44.5 Å². The fraction of sp³-hybridized carbons (Fsp3) is 0.636. The predicted molar refractivity (Wildman–Crippen MR) is 71.0 cm³/mol. The molecule has 1 unspecified atom stereocenters. The highest BCUT2D eigenvalue weighted by atomic mass is 32.1. The smallest absolute Gasteiger partial charge is 0.244 e. The molecule has 6 nitrogen and oxygen atoms in total. The van der Waals surface area contributed by atoms with E-state index >= 15 is 0 Å². The maximum Gasteiger partial charge on any atom is 0.244 e. The maximum atomic E-state index is 12.0. The van der Waals surface area contributed by atoms with Gasteiger partial charge in [-0.3, -0.25) is 4.79 Å². The largest absolute Gasteiger partial charge is 0.387 e. The zero-order valence-electron chi connectivity index (χ0n) is 10.3. The van der Waals surface area contributed by atoms with Crippen LogP contribution in [-0.2, 0) is 4.79 Å². The summed E-state index contributed by atoms with van der Waals surface area (Å²) in [4.78, 5) is 16.1. The van der Waals surface area contributed by atoms with Crippen molar-refractivity contribution in [3.05, 3.63) is 12.2 Å². The van der Waals surface area contributed by atoms with Crippen molar-refractivity contribution in [3.8, 4) is 0 Å². The third-order valence-electron chi connectivity index (χ3n) is 3.21. The Labute approximate surface area is 111 Å². The van der Waals surface area contributed by atoms with Gasteiger partial charge in [0.1, 0.15) is 17.4 Å². The monoisotopic (exact) mass is 267 g/mol. The molecular weight excluding hydrogens is 250 g/mol. The first-order valence-corrected chi connectivity index (χ1v) is 6.50. The lowest BCUT2D eigenvalue weighted by atomic mass is 10.2. The van der Waals surface area contributed by atoms with Crippen LogP contribution < -0.4 is 11.1 Å². The van der Waals surface area contributed by atoms with E-state index in [9.17, 15) is 4.79 Å². The first-order chi connectivity index (χ1) is 8.58. The van der Waals surface area contributed by atoms with Crippen LogP contribution >= 0.6 is 12.2 Å². The first kappa shape index (κ1) is 12.9. The van der Waals surface area contributed by atoms with Gasteiger partial charge in [0, 0.05) is 6.04 Å². The molecule has 0 aromatic carbocycles. The lowest BCUT2D eigenvalue weighted by molar-refractivity contribution is -0.124. The van der Waals surface area contributed by atoms with Crippen molar-refractivity contribution < 1.29 is 4.79 Å². The van der Waals surface area contributed by atoms with E-state index in [1.54, 1.807) is 6.92 Å². The summed E-state index contributed by atoms with van der Waals surface area (Å²) >= 11 is 4.78. The number of thiocarbonyl (C=S) groups is 1. The summed E-state index contributed by atoms with van der Waals surface area (Å²) in [5.74, 6) is 0.256. The molecule has 1 saturated carbocycles. The Morgan fingerprint density at radius 3 is 2.83 bits per heavy atom. The quantitative estimate of drug-likeness (QED) is 0.777. The summed E-state index contributed by atoms with van der Waals surface area (Å²) in [6.45, 7) is 1.78. The molecule has 1 aliphatic carbocycles. The average molecular weight is 267 g/mol. The molecule has 0 bridgehead atoms. The van der Waals surface area contributed by atoms with Gasteiger partial charge in [-0.25, -0.2) is 9.67 Å². The third-order valence-corrected chi connectivity index (χ3v) is 3.39. The molecule has 2 rings (SSSR count). The Balaban J connectivity index is 1.98. The number of aromatic nitrogens is 3. The Kier molecular flexibility index (Phi) is 3.90. The summed E-state index contributed by atoms with van der Waals surface area (Å²) in [7, 11) is 0. The summed E-state index contributed by atoms with van der Waals surface area (Å²) in [6.07, 6.45) is 5.98. The van der Waals surface area contributed by atoms with Crippen molar-refractivity contribution in [2.24, 2.45) is 5.73 Å². The number of nitrogens with zero attached hydrogens (tertiary/aromatic N) is 3. The number of carbonyl (C=O) groups is 1. The summed E-state index contributed by atoms with van der Waals surface area (Å²) in [5.41, 5.74) is 5.43. The minimum Gasteiger partial charge on any atom is -0.387 e. The van der Waals surface area contributed by atoms with Crippen molar-refractivity contribution in [2.75, 3.05) is 0 Å². The molecule has 98 valence electrons. The molecule has 0 radical (unpaired) electrons. The molecule has 1 heterocycles. The minimum atomic E-state index is -0.402. The van der Waals surface area contributed by atoms with Gasteiger partial charge < -0.3 is 11.1 Å². The number of nitrogens with one attached hydrogen (secondary N) is 1. The van der Waals surface area contributed by atoms with E-state index in [2.05, 4.69) is 15.4 Å². The lowest BCUT2D eigenvalue weighted by Crippen LogP contribution is -2.37. The first-order valence-electron chi connectivity index (χ1n) is 6.09. The van der Waals surface area contributed by atoms with Gasteiger partial charge in [0.25, 0.3) is 0 Å². The van der Waals surface area contributed by atoms with Crippen LogP contribution in [0.15, 0.2) is 6.33 Å². The Bertz CT molecular complexity index is 452. The van der Waals surface area contributed by atoms with Crippen molar-refractivity contribution >= 4 is 23.1 Å². The zero-order valence-corrected chi connectivity index (χ0v) is 11.1. The van der Waals surface area contributed by atoms with Gasteiger partial charge in [-0.1, -0.05) is 25.1 Å². The van der Waals surface area contributed by atoms with Gasteiger partial charge in [0.15, 0.2) is 0 Å². The maximum absolute atomic E-state index is 12.0. The standard InChI is InChI=1S/C11H17N5OS/c1-7(11(17)14-8-4-2-3-5-8)16-6-13-10(15-16)9(12)18/h6-8H,2-5H2,1H3,(H2,12,18)(H,14,17). The molecule has 1 aromatic rings. The summed E-state index contributed by atoms with van der Waals surface area (Å²) in [6, 6.07) is -0.0975. The predicted octanol–water partition coefficient (Wildman–Crippen LogP) is 0.532. The van der Waals surface area contributed by atoms with Crippen molar-refractivity contribution in [2.45, 2.75) is 44.7 Å². The number of hydrogen-bond acceptors (Lipinski definition) is 4. The second kappa shape index (κ2) is 5.43. The van der Waals surface area contributed by atoms with E-state index in [0.29, 0.717) is 11.9 Å². The van der Waals surface area contributed by atoms with Crippen molar-refractivity contribution in [3.63, 3.8) is 0 Å². The molecule has 18 heavy (non-hydrogen) atoms. The Morgan fingerprint density at radius 1 is 1.61 bits per heavy atom. The molecule has 1 atom stereocenters. The number of rotatable bonds is 4. The Morgan fingerprint density at radius 2 is 2.28 bits per heavy atom. The molecule has 1 fully saturated rings. The molecule has 0 saturated heterocycles. The minimum absolute atomic E-state index is 0.0405. The van der Waals surface area contributed by atoms with Crippen molar-refractivity contribution in [1.82, 2.24) is 20.1 Å². The molecule has 1 aliphatic rings. The van der Waals surface area contributed by atoms with Gasteiger partial charge >= 0.3 is 0 Å². The summed E-state index contributed by atoms with van der Waals surface area (Å²) < 4.78 is 1.48. The molecule has 7 heteroatoms. The lowest BCUT2D eigenvalue weighted by Gasteiger charge is -2.16. The van der Waals surface area contributed by atoms with Crippen LogP contribution in [0.2, 0.25) is 0 Å².